The summed E-state index contributed by atoms with van der Waals surface area (Å²) in [5, 5.41) is 12.9. The van der Waals surface area contributed by atoms with Crippen LogP contribution in [0.2, 0.25) is 0 Å². The highest BCUT2D eigenvalue weighted by molar-refractivity contribution is 6.62. The van der Waals surface area contributed by atoms with Gasteiger partial charge in [0.25, 0.3) is 0 Å². The van der Waals surface area contributed by atoms with Crippen LogP contribution in [-0.2, 0) is 15.9 Å². The van der Waals surface area contributed by atoms with Gasteiger partial charge in [-0.2, -0.15) is 0 Å². The summed E-state index contributed by atoms with van der Waals surface area (Å²) in [6.07, 6.45) is 0. The Morgan fingerprint density at radius 3 is 2.35 bits per heavy atom. The average Bonchev–Trinajstić information content (AvgIpc) is 2.59. The van der Waals surface area contributed by atoms with Crippen LogP contribution in [0.4, 0.5) is 5.69 Å². The van der Waals surface area contributed by atoms with Crippen molar-refractivity contribution in [3.8, 4) is 0 Å². The Labute approximate surface area is 118 Å². The molecule has 0 spiro atoms. The van der Waals surface area contributed by atoms with E-state index in [9.17, 15) is 5.11 Å². The molecule has 106 valence electrons. The molecule has 0 saturated carbocycles. The lowest BCUT2D eigenvalue weighted by Crippen LogP contribution is -2.41. The predicted molar refractivity (Wildman–Crippen MR) is 76.9 cm³/mol. The lowest BCUT2D eigenvalue weighted by atomic mass is 9.78. The SMILES string of the molecule is CC1(C)OB(c2ccc(N=[N+]=[N-])c(CO)c2)OC1(C)C. The number of azide groups is 1. The highest BCUT2D eigenvalue weighted by Crippen LogP contribution is 2.36. The number of nitrogens with zero attached hydrogens (tertiary/aromatic N) is 3. The third-order valence-electron chi connectivity index (χ3n) is 3.95. The molecule has 1 aliphatic rings. The second kappa shape index (κ2) is 5.11. The molecule has 1 aromatic rings. The molecule has 1 N–H and O–H groups in total. The highest BCUT2D eigenvalue weighted by Gasteiger charge is 2.51. The Balaban J connectivity index is 2.34. The van der Waals surface area contributed by atoms with Gasteiger partial charge in [0.1, 0.15) is 0 Å². The fourth-order valence-electron chi connectivity index (χ4n) is 2.00. The fraction of sp³-hybridized carbons (Fsp3) is 0.538. The zero-order valence-corrected chi connectivity index (χ0v) is 12.1. The summed E-state index contributed by atoms with van der Waals surface area (Å²) in [5.41, 5.74) is 9.41. The van der Waals surface area contributed by atoms with E-state index in [1.807, 2.05) is 27.7 Å². The van der Waals surface area contributed by atoms with Crippen molar-refractivity contribution in [2.45, 2.75) is 45.5 Å². The first-order valence-corrected chi connectivity index (χ1v) is 6.45. The third kappa shape index (κ3) is 2.53. The van der Waals surface area contributed by atoms with Crippen molar-refractivity contribution < 1.29 is 14.4 Å². The third-order valence-corrected chi connectivity index (χ3v) is 3.95. The predicted octanol–water partition coefficient (Wildman–Crippen LogP) is 2.42. The van der Waals surface area contributed by atoms with Gasteiger partial charge < -0.3 is 14.4 Å². The summed E-state index contributed by atoms with van der Waals surface area (Å²) in [7, 11) is -0.495. The highest BCUT2D eigenvalue weighted by atomic mass is 16.7. The molecule has 0 aromatic heterocycles. The molecule has 0 radical (unpaired) electrons. The topological polar surface area (TPSA) is 87.5 Å². The molecule has 20 heavy (non-hydrogen) atoms. The lowest BCUT2D eigenvalue weighted by Gasteiger charge is -2.32. The van der Waals surface area contributed by atoms with Crippen molar-refractivity contribution >= 4 is 18.3 Å². The van der Waals surface area contributed by atoms with E-state index < -0.39 is 18.3 Å². The van der Waals surface area contributed by atoms with Gasteiger partial charge in [-0.25, -0.2) is 0 Å². The minimum atomic E-state index is -0.495. The van der Waals surface area contributed by atoms with Crippen LogP contribution in [0, 0.1) is 0 Å². The molecule has 0 bridgehead atoms. The van der Waals surface area contributed by atoms with E-state index in [1.165, 1.54) is 0 Å². The average molecular weight is 275 g/mol. The number of aliphatic hydroxyl groups is 1. The van der Waals surface area contributed by atoms with E-state index in [1.54, 1.807) is 18.2 Å². The van der Waals surface area contributed by atoms with Crippen LogP contribution in [0.15, 0.2) is 23.3 Å². The van der Waals surface area contributed by atoms with Gasteiger partial charge in [-0.1, -0.05) is 23.3 Å². The standard InChI is InChI=1S/C13H18BN3O3/c1-12(2)13(3,4)20-14(19-12)10-5-6-11(16-17-15)9(7-10)8-18/h5-7,18H,8H2,1-4H3. The molecular formula is C13H18BN3O3. The second-order valence-corrected chi connectivity index (χ2v) is 5.82. The van der Waals surface area contributed by atoms with Crippen LogP contribution < -0.4 is 5.46 Å². The normalized spacial score (nSPS) is 19.8. The summed E-state index contributed by atoms with van der Waals surface area (Å²) < 4.78 is 11.9. The number of benzene rings is 1. The first-order valence-electron chi connectivity index (χ1n) is 6.45. The van der Waals surface area contributed by atoms with Crippen molar-refractivity contribution in [3.63, 3.8) is 0 Å². The van der Waals surface area contributed by atoms with E-state index in [4.69, 9.17) is 14.8 Å². The Hall–Kier alpha value is -1.53. The monoisotopic (exact) mass is 275 g/mol. The minimum absolute atomic E-state index is 0.207. The Morgan fingerprint density at radius 1 is 1.25 bits per heavy atom. The van der Waals surface area contributed by atoms with E-state index in [0.29, 0.717) is 11.3 Å². The Bertz CT molecular complexity index is 552. The van der Waals surface area contributed by atoms with Crippen molar-refractivity contribution in [3.05, 3.63) is 34.2 Å². The van der Waals surface area contributed by atoms with Crippen LogP contribution in [0.1, 0.15) is 33.3 Å². The maximum absolute atomic E-state index is 9.35. The zero-order chi connectivity index (χ0) is 15.0. The molecule has 6 nitrogen and oxygen atoms in total. The van der Waals surface area contributed by atoms with Crippen LogP contribution in [0.25, 0.3) is 10.4 Å². The van der Waals surface area contributed by atoms with Gasteiger partial charge in [0.15, 0.2) is 0 Å². The summed E-state index contributed by atoms with van der Waals surface area (Å²) >= 11 is 0. The van der Waals surface area contributed by atoms with E-state index >= 15 is 0 Å². The van der Waals surface area contributed by atoms with E-state index in [-0.39, 0.29) is 6.61 Å². The fourth-order valence-corrected chi connectivity index (χ4v) is 2.00. The molecule has 1 saturated heterocycles. The molecule has 1 fully saturated rings. The van der Waals surface area contributed by atoms with Gasteiger partial charge in [-0.15, -0.1) is 0 Å². The summed E-state index contributed by atoms with van der Waals surface area (Å²) in [5.74, 6) is 0. The first kappa shape index (κ1) is 14.9. The van der Waals surface area contributed by atoms with Gasteiger partial charge in [-0.3, -0.25) is 0 Å². The molecule has 2 rings (SSSR count). The smallest absolute Gasteiger partial charge is 0.399 e. The molecule has 1 heterocycles. The first-order chi connectivity index (χ1) is 9.30. The van der Waals surface area contributed by atoms with Gasteiger partial charge in [0.05, 0.1) is 17.8 Å². The molecule has 1 aliphatic heterocycles. The Kier molecular flexibility index (Phi) is 3.80. The van der Waals surface area contributed by atoms with Crippen LogP contribution in [-0.4, -0.2) is 23.4 Å². The lowest BCUT2D eigenvalue weighted by molar-refractivity contribution is 0.00578. The molecule has 7 heteroatoms. The largest absolute Gasteiger partial charge is 0.494 e. The summed E-state index contributed by atoms with van der Waals surface area (Å²) in [4.78, 5) is 2.74. The maximum atomic E-state index is 9.35. The molecule has 0 aliphatic carbocycles. The van der Waals surface area contributed by atoms with Gasteiger partial charge in [-0.05, 0) is 44.3 Å². The van der Waals surface area contributed by atoms with Crippen LogP contribution >= 0.6 is 0 Å². The van der Waals surface area contributed by atoms with Crippen LogP contribution in [0.3, 0.4) is 0 Å². The van der Waals surface area contributed by atoms with Gasteiger partial charge >= 0.3 is 7.12 Å². The summed E-state index contributed by atoms with van der Waals surface area (Å²) in [6.45, 7) is 7.72. The van der Waals surface area contributed by atoms with Crippen LogP contribution in [0.5, 0.6) is 0 Å². The number of aliphatic hydroxyl groups excluding tert-OH is 1. The second-order valence-electron chi connectivity index (χ2n) is 5.82. The molecule has 0 atom stereocenters. The number of hydrogen-bond donors (Lipinski definition) is 1. The zero-order valence-electron chi connectivity index (χ0n) is 12.1. The quantitative estimate of drug-likeness (QED) is 0.397. The molecule has 1 aromatic carbocycles. The van der Waals surface area contributed by atoms with Crippen molar-refractivity contribution in [1.29, 1.82) is 0 Å². The number of hydrogen-bond acceptors (Lipinski definition) is 4. The summed E-state index contributed by atoms with van der Waals surface area (Å²) in [6, 6.07) is 5.18. The van der Waals surface area contributed by atoms with Crippen molar-refractivity contribution in [2.24, 2.45) is 5.11 Å². The van der Waals surface area contributed by atoms with E-state index in [2.05, 4.69) is 10.0 Å². The van der Waals surface area contributed by atoms with Crippen molar-refractivity contribution in [2.75, 3.05) is 0 Å². The number of rotatable bonds is 3. The van der Waals surface area contributed by atoms with Gasteiger partial charge in [0, 0.05) is 10.6 Å². The maximum Gasteiger partial charge on any atom is 0.494 e. The minimum Gasteiger partial charge on any atom is -0.399 e. The van der Waals surface area contributed by atoms with Crippen molar-refractivity contribution in [1.82, 2.24) is 0 Å². The van der Waals surface area contributed by atoms with Gasteiger partial charge in [0.2, 0.25) is 0 Å². The van der Waals surface area contributed by atoms with E-state index in [0.717, 1.165) is 5.46 Å². The Morgan fingerprint density at radius 2 is 1.85 bits per heavy atom. The molecular weight excluding hydrogens is 257 g/mol. The molecule has 0 unspecified atom stereocenters. The molecule has 0 amide bonds.